The molecule has 1 unspecified atom stereocenters. The Hall–Kier alpha value is -3.17. The second-order valence-corrected chi connectivity index (χ2v) is 9.07. The molecule has 1 saturated carbocycles. The predicted molar refractivity (Wildman–Crippen MR) is 123 cm³/mol. The smallest absolute Gasteiger partial charge is 0.296 e. The molecule has 172 valence electrons. The number of piperazine rings is 1. The van der Waals surface area contributed by atoms with Crippen LogP contribution in [0.25, 0.3) is 11.1 Å². The zero-order chi connectivity index (χ0) is 23.2. The molecule has 1 spiro atoms. The van der Waals surface area contributed by atoms with E-state index in [0.29, 0.717) is 40.5 Å². The number of nitrogens with zero attached hydrogens (tertiary/aromatic N) is 3. The van der Waals surface area contributed by atoms with Crippen LogP contribution < -0.4 is 15.4 Å². The number of halogens is 1. The minimum absolute atomic E-state index is 0.0269. The molecular weight excluding hydrogens is 446 g/mol. The van der Waals surface area contributed by atoms with Crippen molar-refractivity contribution < 1.29 is 18.7 Å². The largest absolute Gasteiger partial charge is 0.493 e. The molecule has 0 bridgehead atoms. The summed E-state index contributed by atoms with van der Waals surface area (Å²) in [5, 5.41) is 6.75. The molecule has 33 heavy (non-hydrogen) atoms. The number of aromatic nitrogens is 2. The minimum atomic E-state index is -0.353. The van der Waals surface area contributed by atoms with Crippen LogP contribution in [0.15, 0.2) is 34.9 Å². The highest BCUT2D eigenvalue weighted by Crippen LogP contribution is 2.39. The van der Waals surface area contributed by atoms with Gasteiger partial charge in [-0.2, -0.15) is 4.98 Å². The van der Waals surface area contributed by atoms with E-state index in [4.69, 9.17) is 20.8 Å². The summed E-state index contributed by atoms with van der Waals surface area (Å²) >= 11 is 6.00. The lowest BCUT2D eigenvalue weighted by molar-refractivity contribution is -0.130. The van der Waals surface area contributed by atoms with Crippen LogP contribution in [0.5, 0.6) is 5.75 Å². The summed E-state index contributed by atoms with van der Waals surface area (Å²) in [7, 11) is 1.52. The number of carbonyl (C=O) groups is 2. The monoisotopic (exact) mass is 469 g/mol. The van der Waals surface area contributed by atoms with E-state index in [2.05, 4.69) is 20.6 Å². The average molecular weight is 470 g/mol. The Morgan fingerprint density at radius 3 is 2.94 bits per heavy atom. The van der Waals surface area contributed by atoms with Crippen molar-refractivity contribution in [2.45, 2.75) is 37.9 Å². The summed E-state index contributed by atoms with van der Waals surface area (Å²) in [6, 6.07) is 6.73. The first-order valence-electron chi connectivity index (χ1n) is 10.8. The summed E-state index contributed by atoms with van der Waals surface area (Å²) in [6.07, 6.45) is 3.54. The molecule has 1 aromatic carbocycles. The molecular formula is C23H24ClN5O4. The molecule has 2 N–H and O–H groups in total. The number of oxazole rings is 1. The highest BCUT2D eigenvalue weighted by atomic mass is 35.5. The lowest BCUT2D eigenvalue weighted by Crippen LogP contribution is -2.61. The van der Waals surface area contributed by atoms with Crippen molar-refractivity contribution in [2.24, 2.45) is 0 Å². The average Bonchev–Trinajstić information content (AvgIpc) is 3.40. The first-order chi connectivity index (χ1) is 15.9. The molecule has 1 aliphatic heterocycles. The zero-order valence-electron chi connectivity index (χ0n) is 18.4. The van der Waals surface area contributed by atoms with E-state index in [1.54, 1.807) is 30.5 Å². The number of anilines is 1. The van der Waals surface area contributed by atoms with Gasteiger partial charge in [0.25, 0.3) is 6.01 Å². The third-order valence-electron chi connectivity index (χ3n) is 6.22. The maximum atomic E-state index is 13.1. The Morgan fingerprint density at radius 1 is 1.39 bits per heavy atom. The lowest BCUT2D eigenvalue weighted by atomic mass is 10.0. The third-order valence-corrected chi connectivity index (χ3v) is 6.45. The van der Waals surface area contributed by atoms with Crippen molar-refractivity contribution in [2.75, 3.05) is 25.5 Å². The Balaban J connectivity index is 1.35. The number of amides is 1. The predicted octanol–water partition coefficient (Wildman–Crippen LogP) is 3.03. The van der Waals surface area contributed by atoms with E-state index < -0.39 is 0 Å². The molecule has 1 saturated heterocycles. The number of carbonyl (C=O) groups excluding carboxylic acids is 2. The molecule has 5 rings (SSSR count). The highest BCUT2D eigenvalue weighted by molar-refractivity contribution is 6.30. The summed E-state index contributed by atoms with van der Waals surface area (Å²) < 4.78 is 11.3. The first kappa shape index (κ1) is 21.7. The lowest BCUT2D eigenvalue weighted by Gasteiger charge is -2.37. The summed E-state index contributed by atoms with van der Waals surface area (Å²) in [6.45, 7) is 3.03. The minimum Gasteiger partial charge on any atom is -0.493 e. The fourth-order valence-electron chi connectivity index (χ4n) is 4.10. The number of benzene rings is 1. The van der Waals surface area contributed by atoms with E-state index in [-0.39, 0.29) is 35.8 Å². The van der Waals surface area contributed by atoms with Gasteiger partial charge in [-0.3, -0.25) is 19.5 Å². The number of ketones is 1. The Labute approximate surface area is 195 Å². The fraction of sp³-hybridized carbons (Fsp3) is 0.391. The molecule has 1 aliphatic carbocycles. The number of ether oxygens (including phenoxy) is 1. The van der Waals surface area contributed by atoms with Crippen LogP contribution in [-0.4, -0.2) is 58.3 Å². The van der Waals surface area contributed by atoms with Crippen LogP contribution >= 0.6 is 11.6 Å². The van der Waals surface area contributed by atoms with Gasteiger partial charge in [-0.1, -0.05) is 11.6 Å². The molecule has 3 heterocycles. The molecule has 3 aromatic rings. The van der Waals surface area contributed by atoms with Crippen molar-refractivity contribution >= 4 is 40.4 Å². The number of nitrogens with one attached hydrogen (secondary N) is 2. The third kappa shape index (κ3) is 4.38. The Kier molecular flexibility index (Phi) is 5.46. The number of hydrogen-bond acceptors (Lipinski definition) is 8. The van der Waals surface area contributed by atoms with Gasteiger partial charge in [0, 0.05) is 23.3 Å². The van der Waals surface area contributed by atoms with Gasteiger partial charge in [-0.05, 0) is 44.0 Å². The van der Waals surface area contributed by atoms with Gasteiger partial charge < -0.3 is 19.8 Å². The van der Waals surface area contributed by atoms with Crippen molar-refractivity contribution in [1.29, 1.82) is 0 Å². The Bertz CT molecular complexity index is 1240. The van der Waals surface area contributed by atoms with Crippen LogP contribution in [-0.2, 0) is 11.3 Å². The summed E-state index contributed by atoms with van der Waals surface area (Å²) in [5.74, 6) is 0.287. The number of pyridine rings is 1. The van der Waals surface area contributed by atoms with Gasteiger partial charge in [0.2, 0.25) is 5.91 Å². The Morgan fingerprint density at radius 2 is 2.21 bits per heavy atom. The molecule has 9 nitrogen and oxygen atoms in total. The van der Waals surface area contributed by atoms with Crippen molar-refractivity contribution in [3.05, 3.63) is 46.7 Å². The SMILES string of the molecule is COc1cc(C(=O)CN2CC3(CC3)NC(=O)C2C)cc2nc(NCc3cc(Cl)ccn3)oc12. The van der Waals surface area contributed by atoms with Gasteiger partial charge in [0.05, 0.1) is 37.5 Å². The molecule has 1 atom stereocenters. The van der Waals surface area contributed by atoms with E-state index in [1.807, 2.05) is 11.8 Å². The second kappa shape index (κ2) is 8.31. The maximum absolute atomic E-state index is 13.1. The molecule has 2 fully saturated rings. The molecule has 2 aromatic heterocycles. The van der Waals surface area contributed by atoms with Crippen LogP contribution in [0.3, 0.4) is 0 Å². The molecule has 1 amide bonds. The number of methoxy groups -OCH3 is 1. The zero-order valence-corrected chi connectivity index (χ0v) is 19.1. The van der Waals surface area contributed by atoms with Crippen LogP contribution in [0.4, 0.5) is 6.01 Å². The maximum Gasteiger partial charge on any atom is 0.296 e. The van der Waals surface area contributed by atoms with Crippen molar-refractivity contribution in [1.82, 2.24) is 20.2 Å². The first-order valence-corrected chi connectivity index (χ1v) is 11.2. The van der Waals surface area contributed by atoms with Crippen LogP contribution in [0.2, 0.25) is 5.02 Å². The number of Topliss-reactive ketones (excluding diaryl/α,β-unsaturated/α-hetero) is 1. The van der Waals surface area contributed by atoms with Crippen molar-refractivity contribution in [3.63, 3.8) is 0 Å². The standard InChI is InChI=1S/C23H24ClN5O4/c1-13-21(31)28-23(4-5-23)12-29(13)11-18(30)14-7-17-20(19(8-14)32-2)33-22(27-17)26-10-16-9-15(24)3-6-25-16/h3,6-9,13H,4-5,10-12H2,1-2H3,(H,26,27)(H,28,31). The van der Waals surface area contributed by atoms with E-state index in [9.17, 15) is 9.59 Å². The summed E-state index contributed by atoms with van der Waals surface area (Å²) in [5.41, 5.74) is 1.98. The molecule has 2 aliphatic rings. The van der Waals surface area contributed by atoms with E-state index >= 15 is 0 Å². The second-order valence-electron chi connectivity index (χ2n) is 8.64. The van der Waals surface area contributed by atoms with Gasteiger partial charge in [0.1, 0.15) is 5.52 Å². The number of rotatable bonds is 7. The van der Waals surface area contributed by atoms with E-state index in [0.717, 1.165) is 18.5 Å². The van der Waals surface area contributed by atoms with Gasteiger partial charge in [0.15, 0.2) is 17.1 Å². The van der Waals surface area contributed by atoms with Gasteiger partial charge >= 0.3 is 0 Å². The molecule has 0 radical (unpaired) electrons. The van der Waals surface area contributed by atoms with Gasteiger partial charge in [-0.25, -0.2) is 0 Å². The topological polar surface area (TPSA) is 110 Å². The summed E-state index contributed by atoms with van der Waals surface area (Å²) in [4.78, 5) is 36.1. The quantitative estimate of drug-likeness (QED) is 0.508. The number of fused-ring (bicyclic) bond motifs is 1. The fourth-order valence-corrected chi connectivity index (χ4v) is 4.28. The molecule has 10 heteroatoms. The van der Waals surface area contributed by atoms with Gasteiger partial charge in [-0.15, -0.1) is 0 Å². The van der Waals surface area contributed by atoms with Crippen molar-refractivity contribution in [3.8, 4) is 5.75 Å². The van der Waals surface area contributed by atoms with Crippen LogP contribution in [0, 0.1) is 0 Å². The van der Waals surface area contributed by atoms with E-state index in [1.165, 1.54) is 7.11 Å². The highest BCUT2D eigenvalue weighted by Gasteiger charge is 2.50. The van der Waals surface area contributed by atoms with Crippen LogP contribution in [0.1, 0.15) is 35.8 Å². The normalized spacial score (nSPS) is 19.5. The number of hydrogen-bond donors (Lipinski definition) is 2.